The highest BCUT2D eigenvalue weighted by Crippen LogP contribution is 2.43. The van der Waals surface area contributed by atoms with Gasteiger partial charge in [0.2, 0.25) is 5.91 Å². The molecule has 142 valence electrons. The van der Waals surface area contributed by atoms with Gasteiger partial charge in [0.1, 0.15) is 12.2 Å². The van der Waals surface area contributed by atoms with Crippen LogP contribution < -0.4 is 5.32 Å². The molecule has 4 rings (SSSR count). The Morgan fingerprint density at radius 1 is 1.15 bits per heavy atom. The first-order valence-electron chi connectivity index (χ1n) is 9.66. The van der Waals surface area contributed by atoms with E-state index < -0.39 is 0 Å². The molecule has 0 unspecified atom stereocenters. The Hall–Kier alpha value is -2.70. The zero-order valence-electron chi connectivity index (χ0n) is 15.4. The number of likely N-dealkylation sites (tertiary alicyclic amines) is 1. The van der Waals surface area contributed by atoms with E-state index in [4.69, 9.17) is 0 Å². The monoisotopic (exact) mass is 367 g/mol. The second-order valence-electron chi connectivity index (χ2n) is 7.72. The first kappa shape index (κ1) is 17.7. The second kappa shape index (κ2) is 7.50. The van der Waals surface area contributed by atoms with E-state index in [0.717, 1.165) is 19.5 Å². The Balaban J connectivity index is 1.33. The number of anilines is 1. The number of carbonyl (C=O) groups excluding carboxylic acids is 2. The summed E-state index contributed by atoms with van der Waals surface area (Å²) in [5, 5.41) is 6.97. The van der Waals surface area contributed by atoms with Crippen molar-refractivity contribution in [3.05, 3.63) is 42.5 Å². The quantitative estimate of drug-likeness (QED) is 0.901. The summed E-state index contributed by atoms with van der Waals surface area (Å²) in [6.45, 7) is 1.94. The van der Waals surface area contributed by atoms with Gasteiger partial charge in [-0.25, -0.2) is 0 Å². The molecule has 1 saturated heterocycles. The predicted molar refractivity (Wildman–Crippen MR) is 101 cm³/mol. The highest BCUT2D eigenvalue weighted by atomic mass is 16.2. The molecule has 2 amide bonds. The van der Waals surface area contributed by atoms with E-state index >= 15 is 0 Å². The standard InChI is InChI=1S/C20H25N5O2/c26-18(24-11-9-20(15-24)7-3-1-4-8-20)14-25-13-16(12-22-25)23-19(27)17-6-2-5-10-21-17/h2,5-6,10,12-13H,1,3-4,7-9,11,14-15H2,(H,23,27). The number of aromatic nitrogens is 3. The Kier molecular flexibility index (Phi) is 4.92. The van der Waals surface area contributed by atoms with Crippen molar-refractivity contribution in [3.63, 3.8) is 0 Å². The van der Waals surface area contributed by atoms with Crippen LogP contribution in [0.5, 0.6) is 0 Å². The molecule has 1 saturated carbocycles. The molecule has 27 heavy (non-hydrogen) atoms. The summed E-state index contributed by atoms with van der Waals surface area (Å²) in [6.07, 6.45) is 12.4. The number of hydrogen-bond acceptors (Lipinski definition) is 4. The van der Waals surface area contributed by atoms with Crippen molar-refractivity contribution < 1.29 is 9.59 Å². The van der Waals surface area contributed by atoms with Gasteiger partial charge in [-0.15, -0.1) is 0 Å². The summed E-state index contributed by atoms with van der Waals surface area (Å²) in [5.74, 6) is -0.191. The molecule has 1 spiro atoms. The molecule has 0 atom stereocenters. The molecular formula is C20H25N5O2. The van der Waals surface area contributed by atoms with E-state index in [1.165, 1.54) is 32.1 Å². The van der Waals surface area contributed by atoms with Crippen molar-refractivity contribution >= 4 is 17.5 Å². The van der Waals surface area contributed by atoms with Gasteiger partial charge < -0.3 is 10.2 Å². The topological polar surface area (TPSA) is 80.1 Å². The number of hydrogen-bond donors (Lipinski definition) is 1. The summed E-state index contributed by atoms with van der Waals surface area (Å²) in [5.41, 5.74) is 1.26. The molecule has 0 bridgehead atoms. The Labute approximate surface area is 158 Å². The fourth-order valence-corrected chi connectivity index (χ4v) is 4.30. The molecule has 0 radical (unpaired) electrons. The Bertz CT molecular complexity index is 811. The first-order chi connectivity index (χ1) is 13.1. The van der Waals surface area contributed by atoms with Gasteiger partial charge in [0, 0.05) is 25.5 Å². The van der Waals surface area contributed by atoms with Crippen molar-refractivity contribution in [1.82, 2.24) is 19.7 Å². The number of nitrogens with zero attached hydrogens (tertiary/aromatic N) is 4. The maximum absolute atomic E-state index is 12.7. The highest BCUT2D eigenvalue weighted by molar-refractivity contribution is 6.02. The minimum atomic E-state index is -0.291. The lowest BCUT2D eigenvalue weighted by Crippen LogP contribution is -2.35. The number of nitrogens with one attached hydrogen (secondary N) is 1. The molecule has 1 N–H and O–H groups in total. The van der Waals surface area contributed by atoms with E-state index in [0.29, 0.717) is 16.8 Å². The fourth-order valence-electron chi connectivity index (χ4n) is 4.30. The van der Waals surface area contributed by atoms with Crippen LogP contribution in [-0.4, -0.2) is 44.6 Å². The lowest BCUT2D eigenvalue weighted by molar-refractivity contribution is -0.131. The highest BCUT2D eigenvalue weighted by Gasteiger charge is 2.40. The van der Waals surface area contributed by atoms with Crippen LogP contribution in [0, 0.1) is 5.41 Å². The van der Waals surface area contributed by atoms with Gasteiger partial charge >= 0.3 is 0 Å². The Morgan fingerprint density at radius 2 is 2.00 bits per heavy atom. The van der Waals surface area contributed by atoms with Crippen LogP contribution in [0.1, 0.15) is 49.0 Å². The van der Waals surface area contributed by atoms with Crippen LogP contribution in [-0.2, 0) is 11.3 Å². The third-order valence-electron chi connectivity index (χ3n) is 5.79. The lowest BCUT2D eigenvalue weighted by Gasteiger charge is -2.33. The van der Waals surface area contributed by atoms with E-state index in [2.05, 4.69) is 15.4 Å². The molecule has 2 aromatic rings. The smallest absolute Gasteiger partial charge is 0.274 e. The van der Waals surface area contributed by atoms with Gasteiger partial charge in [-0.2, -0.15) is 5.10 Å². The number of rotatable bonds is 4. The second-order valence-corrected chi connectivity index (χ2v) is 7.72. The van der Waals surface area contributed by atoms with Crippen molar-refractivity contribution in [3.8, 4) is 0 Å². The zero-order chi connectivity index (χ0) is 18.7. The molecule has 1 aliphatic heterocycles. The molecule has 0 aromatic carbocycles. The van der Waals surface area contributed by atoms with E-state index in [1.54, 1.807) is 41.5 Å². The van der Waals surface area contributed by atoms with Crippen LogP contribution in [0.15, 0.2) is 36.8 Å². The summed E-state index contributed by atoms with van der Waals surface area (Å²) >= 11 is 0. The van der Waals surface area contributed by atoms with Crippen LogP contribution in [0.4, 0.5) is 5.69 Å². The average molecular weight is 367 g/mol. The number of carbonyl (C=O) groups is 2. The number of pyridine rings is 1. The SMILES string of the molecule is O=C(Nc1cnn(CC(=O)N2CCC3(CCCCC3)C2)c1)c1ccccn1. The lowest BCUT2D eigenvalue weighted by atomic mass is 9.73. The average Bonchev–Trinajstić information content (AvgIpc) is 3.30. The Morgan fingerprint density at radius 3 is 2.78 bits per heavy atom. The normalized spacial score (nSPS) is 18.6. The molecule has 3 heterocycles. The fraction of sp³-hybridized carbons (Fsp3) is 0.500. The van der Waals surface area contributed by atoms with Crippen LogP contribution >= 0.6 is 0 Å². The van der Waals surface area contributed by atoms with Crippen molar-refractivity contribution in [1.29, 1.82) is 0 Å². The molecule has 1 aliphatic carbocycles. The maximum atomic E-state index is 12.7. The molecule has 7 nitrogen and oxygen atoms in total. The predicted octanol–water partition coefficient (Wildman–Crippen LogP) is 2.71. The van der Waals surface area contributed by atoms with Crippen LogP contribution in [0.25, 0.3) is 0 Å². The van der Waals surface area contributed by atoms with Gasteiger partial charge in [-0.05, 0) is 36.8 Å². The van der Waals surface area contributed by atoms with Crippen molar-refractivity contribution in [2.45, 2.75) is 45.1 Å². The van der Waals surface area contributed by atoms with Crippen LogP contribution in [0.3, 0.4) is 0 Å². The van der Waals surface area contributed by atoms with Gasteiger partial charge in [-0.3, -0.25) is 19.3 Å². The minimum Gasteiger partial charge on any atom is -0.341 e. The molecule has 7 heteroatoms. The minimum absolute atomic E-state index is 0.100. The van der Waals surface area contributed by atoms with E-state index in [1.807, 2.05) is 4.90 Å². The van der Waals surface area contributed by atoms with Crippen LogP contribution in [0.2, 0.25) is 0 Å². The maximum Gasteiger partial charge on any atom is 0.274 e. The summed E-state index contributed by atoms with van der Waals surface area (Å²) in [6, 6.07) is 5.17. The van der Waals surface area contributed by atoms with E-state index in [9.17, 15) is 9.59 Å². The largest absolute Gasteiger partial charge is 0.341 e. The zero-order valence-corrected chi connectivity index (χ0v) is 15.4. The third-order valence-corrected chi connectivity index (χ3v) is 5.79. The molecular weight excluding hydrogens is 342 g/mol. The van der Waals surface area contributed by atoms with E-state index in [-0.39, 0.29) is 18.4 Å². The first-order valence-corrected chi connectivity index (χ1v) is 9.66. The van der Waals surface area contributed by atoms with Gasteiger partial charge in [0.15, 0.2) is 0 Å². The molecule has 2 aromatic heterocycles. The molecule has 2 aliphatic rings. The summed E-state index contributed by atoms with van der Waals surface area (Å²) in [7, 11) is 0. The summed E-state index contributed by atoms with van der Waals surface area (Å²) in [4.78, 5) is 30.8. The summed E-state index contributed by atoms with van der Waals surface area (Å²) < 4.78 is 1.59. The number of amides is 2. The van der Waals surface area contributed by atoms with Gasteiger partial charge in [0.25, 0.3) is 5.91 Å². The third kappa shape index (κ3) is 4.02. The van der Waals surface area contributed by atoms with Gasteiger partial charge in [-0.1, -0.05) is 25.3 Å². The van der Waals surface area contributed by atoms with Crippen molar-refractivity contribution in [2.24, 2.45) is 5.41 Å². The van der Waals surface area contributed by atoms with Crippen molar-refractivity contribution in [2.75, 3.05) is 18.4 Å². The molecule has 2 fully saturated rings. The van der Waals surface area contributed by atoms with Gasteiger partial charge in [0.05, 0.1) is 11.9 Å².